The molecule has 0 aromatic rings. The first-order chi connectivity index (χ1) is 6.13. The van der Waals surface area contributed by atoms with Crippen molar-refractivity contribution in [1.82, 2.24) is 0 Å². The smallest absolute Gasteiger partial charge is 0.164 e. The van der Waals surface area contributed by atoms with Gasteiger partial charge in [0.05, 0.1) is 9.30 Å². The van der Waals surface area contributed by atoms with E-state index in [1.54, 1.807) is 13.8 Å². The van der Waals surface area contributed by atoms with Gasteiger partial charge in [0.2, 0.25) is 0 Å². The van der Waals surface area contributed by atoms with E-state index in [1.807, 2.05) is 0 Å². The average Bonchev–Trinajstić information content (AvgIpc) is 2.24. The van der Waals surface area contributed by atoms with Crippen LogP contribution in [-0.4, -0.2) is 35.4 Å². The predicted octanol–water partition coefficient (Wildman–Crippen LogP) is 0.0878. The van der Waals surface area contributed by atoms with Crippen LogP contribution in [0, 0.1) is 0 Å². The zero-order valence-electron chi connectivity index (χ0n) is 9.33. The van der Waals surface area contributed by atoms with Crippen LogP contribution >= 0.6 is 0 Å². The maximum atomic E-state index is 11.1. The molecule has 0 bridgehead atoms. The summed E-state index contributed by atoms with van der Waals surface area (Å²) in [5.41, 5.74) is 0. The van der Waals surface area contributed by atoms with E-state index in [-0.39, 0.29) is 5.78 Å². The standard InChI is InChI=1S/C8H14O4/c1-5(10)7-6(4-9)11-8(2,3)12-7/h6-7,9H,4H2,1-3H3/t6-,7-/m1/s1/i4D2. The Labute approximate surface area is 74.3 Å². The molecule has 0 radical (unpaired) electrons. The van der Waals surface area contributed by atoms with Crippen molar-refractivity contribution >= 4 is 5.78 Å². The monoisotopic (exact) mass is 176 g/mol. The van der Waals surface area contributed by atoms with Crippen molar-refractivity contribution in [1.29, 1.82) is 0 Å². The zero-order valence-corrected chi connectivity index (χ0v) is 7.33. The maximum Gasteiger partial charge on any atom is 0.164 e. The molecule has 0 saturated carbocycles. The van der Waals surface area contributed by atoms with Crippen LogP contribution in [0.5, 0.6) is 0 Å². The van der Waals surface area contributed by atoms with Crippen molar-refractivity contribution in [2.24, 2.45) is 0 Å². The molecule has 2 atom stereocenters. The molecule has 12 heavy (non-hydrogen) atoms. The Kier molecular flexibility index (Phi) is 1.82. The molecule has 0 aromatic heterocycles. The lowest BCUT2D eigenvalue weighted by Gasteiger charge is -2.15. The molecule has 1 saturated heterocycles. The van der Waals surface area contributed by atoms with Crippen LogP contribution in [0.1, 0.15) is 23.5 Å². The lowest BCUT2D eigenvalue weighted by molar-refractivity contribution is -0.155. The van der Waals surface area contributed by atoms with Gasteiger partial charge in [0.15, 0.2) is 11.6 Å². The molecule has 1 aliphatic rings. The van der Waals surface area contributed by atoms with Crippen LogP contribution in [0.2, 0.25) is 0 Å². The second-order valence-corrected chi connectivity index (χ2v) is 3.22. The molecule has 1 rings (SSSR count). The van der Waals surface area contributed by atoms with Gasteiger partial charge in [0.25, 0.3) is 0 Å². The molecule has 70 valence electrons. The summed E-state index contributed by atoms with van der Waals surface area (Å²) in [4.78, 5) is 11.1. The van der Waals surface area contributed by atoms with Crippen LogP contribution in [0.4, 0.5) is 0 Å². The van der Waals surface area contributed by atoms with Gasteiger partial charge in [-0.15, -0.1) is 0 Å². The molecule has 1 heterocycles. The summed E-state index contributed by atoms with van der Waals surface area (Å²) in [6, 6.07) is 0. The second kappa shape index (κ2) is 3.12. The molecule has 1 fully saturated rings. The number of ether oxygens (including phenoxy) is 2. The first-order valence-corrected chi connectivity index (χ1v) is 3.72. The van der Waals surface area contributed by atoms with Crippen molar-refractivity contribution in [2.75, 3.05) is 6.56 Å². The fourth-order valence-corrected chi connectivity index (χ4v) is 1.15. The summed E-state index contributed by atoms with van der Waals surface area (Å²) in [6.07, 6.45) is -2.32. The fraction of sp³-hybridized carbons (Fsp3) is 0.875. The minimum atomic E-state index is -2.58. The molecule has 0 amide bonds. The van der Waals surface area contributed by atoms with Crippen LogP contribution in [0.25, 0.3) is 0 Å². The molecule has 0 spiro atoms. The lowest BCUT2D eigenvalue weighted by Crippen LogP contribution is -2.32. The Balaban J connectivity index is 2.89. The van der Waals surface area contributed by atoms with Gasteiger partial charge in [-0.2, -0.15) is 0 Å². The Bertz CT molecular complexity index is 246. The quantitative estimate of drug-likeness (QED) is 0.647. The number of hydrogen-bond acceptors (Lipinski definition) is 4. The topological polar surface area (TPSA) is 55.8 Å². The molecular formula is C8H14O4. The number of carbonyl (C=O) groups is 1. The first-order valence-electron chi connectivity index (χ1n) is 4.72. The van der Waals surface area contributed by atoms with Gasteiger partial charge in [-0.05, 0) is 20.8 Å². The number of aliphatic hydroxyl groups is 1. The molecular weight excluding hydrogens is 160 g/mol. The minimum absolute atomic E-state index is 0.362. The largest absolute Gasteiger partial charge is 0.394 e. The van der Waals surface area contributed by atoms with Crippen LogP contribution < -0.4 is 0 Å². The zero-order chi connectivity index (χ0) is 11.1. The predicted molar refractivity (Wildman–Crippen MR) is 41.6 cm³/mol. The SMILES string of the molecule is [2H]C([2H])(O)[C@H]1OC(C)(C)O[C@@H]1C(C)=O. The number of carbonyl (C=O) groups excluding carboxylic acids is 1. The summed E-state index contributed by atoms with van der Waals surface area (Å²) < 4.78 is 24.5. The summed E-state index contributed by atoms with van der Waals surface area (Å²) in [6.45, 7) is 1.82. The summed E-state index contributed by atoms with van der Waals surface area (Å²) in [5.74, 6) is -1.41. The van der Waals surface area contributed by atoms with Crippen molar-refractivity contribution in [3.8, 4) is 0 Å². The van der Waals surface area contributed by atoms with Crippen molar-refractivity contribution in [2.45, 2.75) is 38.8 Å². The molecule has 4 nitrogen and oxygen atoms in total. The molecule has 0 unspecified atom stereocenters. The van der Waals surface area contributed by atoms with Crippen LogP contribution in [-0.2, 0) is 14.3 Å². The minimum Gasteiger partial charge on any atom is -0.394 e. The van der Waals surface area contributed by atoms with Crippen LogP contribution in [0.3, 0.4) is 0 Å². The average molecular weight is 176 g/mol. The van der Waals surface area contributed by atoms with E-state index >= 15 is 0 Å². The number of ketones is 1. The number of hydrogen-bond donors (Lipinski definition) is 1. The second-order valence-electron chi connectivity index (χ2n) is 3.22. The summed E-state index contributed by atoms with van der Waals surface area (Å²) in [7, 11) is 0. The highest BCUT2D eigenvalue weighted by molar-refractivity contribution is 5.81. The highest BCUT2D eigenvalue weighted by atomic mass is 16.8. The van der Waals surface area contributed by atoms with Crippen molar-refractivity contribution in [3.05, 3.63) is 0 Å². The van der Waals surface area contributed by atoms with E-state index in [4.69, 9.17) is 17.3 Å². The molecule has 0 aliphatic carbocycles. The van der Waals surface area contributed by atoms with E-state index in [1.165, 1.54) is 6.92 Å². The summed E-state index contributed by atoms with van der Waals surface area (Å²) >= 11 is 0. The third-order valence-electron chi connectivity index (χ3n) is 1.62. The molecule has 0 aromatic carbocycles. The third-order valence-corrected chi connectivity index (χ3v) is 1.62. The normalized spacial score (nSPS) is 37.3. The molecule has 4 heteroatoms. The lowest BCUT2D eigenvalue weighted by atomic mass is 10.1. The fourth-order valence-electron chi connectivity index (χ4n) is 1.15. The summed E-state index contributed by atoms with van der Waals surface area (Å²) in [5, 5.41) is 9.15. The van der Waals surface area contributed by atoms with E-state index in [0.29, 0.717) is 0 Å². The number of rotatable bonds is 2. The molecule has 1 N–H and O–H groups in total. The van der Waals surface area contributed by atoms with E-state index < -0.39 is 24.6 Å². The van der Waals surface area contributed by atoms with Crippen molar-refractivity contribution in [3.63, 3.8) is 0 Å². The molecule has 1 aliphatic heterocycles. The van der Waals surface area contributed by atoms with E-state index in [9.17, 15) is 4.79 Å². The van der Waals surface area contributed by atoms with Gasteiger partial charge in [-0.1, -0.05) is 0 Å². The van der Waals surface area contributed by atoms with Gasteiger partial charge in [0, 0.05) is 0 Å². The van der Waals surface area contributed by atoms with Gasteiger partial charge < -0.3 is 14.6 Å². The highest BCUT2D eigenvalue weighted by Crippen LogP contribution is 2.28. The van der Waals surface area contributed by atoms with Gasteiger partial charge in [-0.3, -0.25) is 4.79 Å². The Morgan fingerprint density at radius 2 is 2.25 bits per heavy atom. The van der Waals surface area contributed by atoms with Gasteiger partial charge in [0.1, 0.15) is 12.2 Å². The van der Waals surface area contributed by atoms with E-state index in [0.717, 1.165) is 0 Å². The Hall–Kier alpha value is -0.450. The highest BCUT2D eigenvalue weighted by Gasteiger charge is 2.43. The van der Waals surface area contributed by atoms with Gasteiger partial charge >= 0.3 is 0 Å². The van der Waals surface area contributed by atoms with Crippen LogP contribution in [0.15, 0.2) is 0 Å². The Morgan fingerprint density at radius 3 is 2.58 bits per heavy atom. The van der Waals surface area contributed by atoms with E-state index in [2.05, 4.69) is 0 Å². The first kappa shape index (κ1) is 7.00. The Morgan fingerprint density at radius 1 is 1.67 bits per heavy atom. The third kappa shape index (κ3) is 1.83. The van der Waals surface area contributed by atoms with Gasteiger partial charge in [-0.25, -0.2) is 0 Å². The number of Topliss-reactive ketones (excluding diaryl/α,β-unsaturated/α-hetero) is 1. The maximum absolute atomic E-state index is 11.1. The van der Waals surface area contributed by atoms with Crippen molar-refractivity contribution < 1.29 is 22.1 Å².